The molecule has 3 rings (SSSR count). The van der Waals surface area contributed by atoms with Gasteiger partial charge in [-0.1, -0.05) is 26.2 Å². The van der Waals surface area contributed by atoms with E-state index in [-0.39, 0.29) is 0 Å². The standard InChI is InChI=1S/C17H32N2/c1-2-14-9-10-17(12-14,13-18)19-11-5-7-15-6-3-4-8-16(15)19/h14-16H,2-13,18H2,1H3. The third-order valence-electron chi connectivity index (χ3n) is 6.50. The highest BCUT2D eigenvalue weighted by Gasteiger charge is 2.47. The zero-order valence-corrected chi connectivity index (χ0v) is 12.7. The quantitative estimate of drug-likeness (QED) is 0.844. The Morgan fingerprint density at radius 2 is 1.89 bits per heavy atom. The van der Waals surface area contributed by atoms with Crippen LogP contribution in [-0.2, 0) is 0 Å². The molecule has 110 valence electrons. The Kier molecular flexibility index (Phi) is 4.19. The van der Waals surface area contributed by atoms with Gasteiger partial charge in [0.2, 0.25) is 0 Å². The minimum Gasteiger partial charge on any atom is -0.329 e. The maximum absolute atomic E-state index is 6.30. The second-order valence-electron chi connectivity index (χ2n) is 7.39. The molecule has 1 saturated heterocycles. The number of rotatable bonds is 3. The fourth-order valence-electron chi connectivity index (χ4n) is 5.34. The molecule has 0 radical (unpaired) electrons. The number of fused-ring (bicyclic) bond motifs is 1. The van der Waals surface area contributed by atoms with Gasteiger partial charge in [-0.05, 0) is 63.3 Å². The van der Waals surface area contributed by atoms with Gasteiger partial charge in [-0.3, -0.25) is 4.90 Å². The number of likely N-dealkylation sites (tertiary alicyclic amines) is 1. The molecular weight excluding hydrogens is 232 g/mol. The molecule has 2 N–H and O–H groups in total. The molecule has 0 spiro atoms. The molecule has 2 saturated carbocycles. The van der Waals surface area contributed by atoms with Crippen molar-refractivity contribution in [1.29, 1.82) is 0 Å². The van der Waals surface area contributed by atoms with E-state index in [1.54, 1.807) is 0 Å². The van der Waals surface area contributed by atoms with Crippen molar-refractivity contribution in [1.82, 2.24) is 4.90 Å². The van der Waals surface area contributed by atoms with Crippen molar-refractivity contribution < 1.29 is 0 Å². The van der Waals surface area contributed by atoms with E-state index in [0.717, 1.165) is 24.4 Å². The monoisotopic (exact) mass is 264 g/mol. The van der Waals surface area contributed by atoms with Crippen molar-refractivity contribution in [2.24, 2.45) is 17.6 Å². The summed E-state index contributed by atoms with van der Waals surface area (Å²) in [7, 11) is 0. The van der Waals surface area contributed by atoms with Crippen LogP contribution in [0.1, 0.15) is 71.1 Å². The second-order valence-corrected chi connectivity index (χ2v) is 7.39. The molecule has 0 aromatic heterocycles. The smallest absolute Gasteiger partial charge is 0.0337 e. The van der Waals surface area contributed by atoms with Gasteiger partial charge in [0.05, 0.1) is 0 Å². The highest BCUT2D eigenvalue weighted by molar-refractivity contribution is 5.03. The Morgan fingerprint density at radius 3 is 2.63 bits per heavy atom. The number of hydrogen-bond acceptors (Lipinski definition) is 2. The van der Waals surface area contributed by atoms with Gasteiger partial charge in [0, 0.05) is 18.1 Å². The first kappa shape index (κ1) is 13.9. The molecule has 2 aliphatic carbocycles. The Morgan fingerprint density at radius 1 is 1.11 bits per heavy atom. The van der Waals surface area contributed by atoms with Crippen LogP contribution in [0, 0.1) is 11.8 Å². The van der Waals surface area contributed by atoms with E-state index >= 15 is 0 Å². The van der Waals surface area contributed by atoms with E-state index in [2.05, 4.69) is 11.8 Å². The first-order chi connectivity index (χ1) is 9.29. The fourth-order valence-corrected chi connectivity index (χ4v) is 5.34. The van der Waals surface area contributed by atoms with Crippen LogP contribution in [0.25, 0.3) is 0 Å². The molecular formula is C17H32N2. The average Bonchev–Trinajstić information content (AvgIpc) is 2.91. The lowest BCUT2D eigenvalue weighted by Crippen LogP contribution is -2.60. The van der Waals surface area contributed by atoms with Crippen molar-refractivity contribution in [2.75, 3.05) is 13.1 Å². The summed E-state index contributed by atoms with van der Waals surface area (Å²) in [4.78, 5) is 2.91. The van der Waals surface area contributed by atoms with Crippen molar-refractivity contribution in [3.05, 3.63) is 0 Å². The number of piperidine rings is 1. The van der Waals surface area contributed by atoms with Crippen LogP contribution >= 0.6 is 0 Å². The van der Waals surface area contributed by atoms with Gasteiger partial charge in [-0.15, -0.1) is 0 Å². The summed E-state index contributed by atoms with van der Waals surface area (Å²) in [5.74, 6) is 1.93. The highest BCUT2D eigenvalue weighted by atomic mass is 15.3. The first-order valence-corrected chi connectivity index (χ1v) is 8.76. The molecule has 0 aromatic carbocycles. The molecule has 0 amide bonds. The van der Waals surface area contributed by atoms with Crippen LogP contribution < -0.4 is 5.73 Å². The van der Waals surface area contributed by atoms with Gasteiger partial charge in [-0.2, -0.15) is 0 Å². The lowest BCUT2D eigenvalue weighted by Gasteiger charge is -2.52. The van der Waals surface area contributed by atoms with Gasteiger partial charge in [0.1, 0.15) is 0 Å². The summed E-state index contributed by atoms with van der Waals surface area (Å²) in [6.07, 6.45) is 14.3. The third-order valence-corrected chi connectivity index (χ3v) is 6.50. The topological polar surface area (TPSA) is 29.3 Å². The van der Waals surface area contributed by atoms with Crippen LogP contribution in [-0.4, -0.2) is 29.6 Å². The molecule has 4 atom stereocenters. The molecule has 3 aliphatic rings. The van der Waals surface area contributed by atoms with Crippen LogP contribution in [0.4, 0.5) is 0 Å². The molecule has 19 heavy (non-hydrogen) atoms. The van der Waals surface area contributed by atoms with E-state index in [9.17, 15) is 0 Å². The normalized spacial score (nSPS) is 44.2. The van der Waals surface area contributed by atoms with Crippen molar-refractivity contribution in [2.45, 2.75) is 82.7 Å². The highest BCUT2D eigenvalue weighted by Crippen LogP contribution is 2.46. The molecule has 2 nitrogen and oxygen atoms in total. The maximum Gasteiger partial charge on any atom is 0.0337 e. The molecule has 1 aliphatic heterocycles. The first-order valence-electron chi connectivity index (χ1n) is 8.76. The van der Waals surface area contributed by atoms with E-state index < -0.39 is 0 Å². The summed E-state index contributed by atoms with van der Waals surface area (Å²) in [6.45, 7) is 4.58. The minimum absolute atomic E-state index is 0.376. The second kappa shape index (κ2) is 5.73. The van der Waals surface area contributed by atoms with Gasteiger partial charge < -0.3 is 5.73 Å². The third kappa shape index (κ3) is 2.47. The van der Waals surface area contributed by atoms with E-state index in [1.807, 2.05) is 0 Å². The largest absolute Gasteiger partial charge is 0.329 e. The zero-order chi connectivity index (χ0) is 13.3. The van der Waals surface area contributed by atoms with Crippen molar-refractivity contribution in [3.8, 4) is 0 Å². The predicted molar refractivity (Wildman–Crippen MR) is 81.1 cm³/mol. The van der Waals surface area contributed by atoms with Gasteiger partial charge in [0.25, 0.3) is 0 Å². The van der Waals surface area contributed by atoms with Gasteiger partial charge in [-0.25, -0.2) is 0 Å². The molecule has 2 heteroatoms. The van der Waals surface area contributed by atoms with Crippen LogP contribution in [0.3, 0.4) is 0 Å². The zero-order valence-electron chi connectivity index (χ0n) is 12.7. The summed E-state index contributed by atoms with van der Waals surface area (Å²) in [6, 6.07) is 0.877. The van der Waals surface area contributed by atoms with Crippen LogP contribution in [0.5, 0.6) is 0 Å². The summed E-state index contributed by atoms with van der Waals surface area (Å²) in [5, 5.41) is 0. The van der Waals surface area contributed by atoms with Crippen LogP contribution in [0.2, 0.25) is 0 Å². The van der Waals surface area contributed by atoms with E-state index in [4.69, 9.17) is 5.73 Å². The molecule has 0 bridgehead atoms. The lowest BCUT2D eigenvalue weighted by atomic mass is 9.75. The van der Waals surface area contributed by atoms with Crippen molar-refractivity contribution >= 4 is 0 Å². The Hall–Kier alpha value is -0.0800. The Bertz CT molecular complexity index is 302. The Labute approximate surface area is 119 Å². The van der Waals surface area contributed by atoms with Gasteiger partial charge in [0.15, 0.2) is 0 Å². The molecule has 0 aromatic rings. The number of hydrogen-bond donors (Lipinski definition) is 1. The van der Waals surface area contributed by atoms with E-state index in [0.29, 0.717) is 5.54 Å². The summed E-state index contributed by atoms with van der Waals surface area (Å²) >= 11 is 0. The Balaban J connectivity index is 1.78. The van der Waals surface area contributed by atoms with Crippen molar-refractivity contribution in [3.63, 3.8) is 0 Å². The van der Waals surface area contributed by atoms with Crippen LogP contribution in [0.15, 0.2) is 0 Å². The molecule has 3 fully saturated rings. The summed E-state index contributed by atoms with van der Waals surface area (Å²) in [5.41, 5.74) is 6.67. The SMILES string of the molecule is CCC1CCC(CN)(N2CCCC3CCCCC32)C1. The maximum atomic E-state index is 6.30. The molecule has 4 unspecified atom stereocenters. The number of nitrogens with two attached hydrogens (primary N) is 1. The number of nitrogens with zero attached hydrogens (tertiary/aromatic N) is 1. The fraction of sp³-hybridized carbons (Fsp3) is 1.00. The van der Waals surface area contributed by atoms with E-state index in [1.165, 1.54) is 70.8 Å². The predicted octanol–water partition coefficient (Wildman–Crippen LogP) is 3.55. The molecule has 1 heterocycles. The summed E-state index contributed by atoms with van der Waals surface area (Å²) < 4.78 is 0. The average molecular weight is 264 g/mol. The minimum atomic E-state index is 0.376. The van der Waals surface area contributed by atoms with Gasteiger partial charge >= 0.3 is 0 Å². The lowest BCUT2D eigenvalue weighted by molar-refractivity contribution is -0.0247.